The second-order valence-electron chi connectivity index (χ2n) is 4.16. The minimum atomic E-state index is 0.694. The van der Waals surface area contributed by atoms with Gasteiger partial charge in [0.2, 0.25) is 0 Å². The van der Waals surface area contributed by atoms with Crippen molar-refractivity contribution < 1.29 is 4.90 Å². The fourth-order valence-electron chi connectivity index (χ4n) is 2.52. The molecular weight excluding hydrogens is 210 g/mol. The fourth-order valence-corrected chi connectivity index (χ4v) is 5.70. The minimum Gasteiger partial charge on any atom is -0.314 e. The summed E-state index contributed by atoms with van der Waals surface area (Å²) in [6.45, 7) is 0. The third-order valence-corrected chi connectivity index (χ3v) is 6.56. The molecule has 0 spiro atoms. The van der Waals surface area contributed by atoms with Crippen LogP contribution < -0.4 is 4.90 Å². The Morgan fingerprint density at radius 3 is 3.00 bits per heavy atom. The van der Waals surface area contributed by atoms with Crippen molar-refractivity contribution in [2.45, 2.75) is 41.7 Å². The first-order valence-electron chi connectivity index (χ1n) is 5.37. The van der Waals surface area contributed by atoms with Crippen LogP contribution in [0.2, 0.25) is 0 Å². The molecule has 0 aromatic rings. The standard InChI is InChI=1S/C11H17NS2/c1-3-8-13-11-12(2)9-6-4-5-7-10(9)14-11/h1,9-11H,4-8H2,2H3/p+1. The van der Waals surface area contributed by atoms with Crippen molar-refractivity contribution in [2.75, 3.05) is 12.8 Å². The van der Waals surface area contributed by atoms with Crippen LogP contribution in [0.4, 0.5) is 0 Å². The van der Waals surface area contributed by atoms with Crippen LogP contribution in [0, 0.1) is 12.3 Å². The highest BCUT2D eigenvalue weighted by Crippen LogP contribution is 2.37. The van der Waals surface area contributed by atoms with E-state index < -0.39 is 0 Å². The van der Waals surface area contributed by atoms with E-state index in [1.54, 1.807) is 4.90 Å². The highest BCUT2D eigenvalue weighted by molar-refractivity contribution is 8.17. The molecule has 78 valence electrons. The average Bonchev–Trinajstić information content (AvgIpc) is 2.54. The van der Waals surface area contributed by atoms with Gasteiger partial charge in [-0.15, -0.1) is 6.42 Å². The van der Waals surface area contributed by atoms with Gasteiger partial charge in [-0.1, -0.05) is 35.9 Å². The molecule has 4 atom stereocenters. The second-order valence-corrected chi connectivity index (χ2v) is 6.90. The van der Waals surface area contributed by atoms with Gasteiger partial charge >= 0.3 is 0 Å². The summed E-state index contributed by atoms with van der Waals surface area (Å²) in [6, 6.07) is 0.907. The van der Waals surface area contributed by atoms with Crippen molar-refractivity contribution in [2.24, 2.45) is 0 Å². The van der Waals surface area contributed by atoms with E-state index in [1.165, 1.54) is 25.7 Å². The van der Waals surface area contributed by atoms with E-state index in [0.717, 1.165) is 17.0 Å². The van der Waals surface area contributed by atoms with Crippen LogP contribution in [0.5, 0.6) is 0 Å². The topological polar surface area (TPSA) is 4.44 Å². The number of hydrogen-bond donors (Lipinski definition) is 1. The molecule has 1 heterocycles. The molecular formula is C11H18NS2+. The van der Waals surface area contributed by atoms with E-state index in [2.05, 4.69) is 24.7 Å². The van der Waals surface area contributed by atoms with Gasteiger partial charge in [-0.05, 0) is 12.8 Å². The lowest BCUT2D eigenvalue weighted by Crippen LogP contribution is -3.14. The highest BCUT2D eigenvalue weighted by Gasteiger charge is 2.44. The number of nitrogens with one attached hydrogen (secondary N) is 1. The zero-order valence-corrected chi connectivity index (χ0v) is 10.3. The molecule has 1 saturated heterocycles. The molecule has 1 aliphatic heterocycles. The molecule has 2 fully saturated rings. The van der Waals surface area contributed by atoms with Crippen molar-refractivity contribution in [3.05, 3.63) is 0 Å². The first-order valence-corrected chi connectivity index (χ1v) is 7.36. The number of thioether (sulfide) groups is 2. The predicted octanol–water partition coefficient (Wildman–Crippen LogP) is 1.21. The maximum absolute atomic E-state index is 5.31. The van der Waals surface area contributed by atoms with E-state index in [4.69, 9.17) is 6.42 Å². The Morgan fingerprint density at radius 2 is 2.29 bits per heavy atom. The van der Waals surface area contributed by atoms with E-state index >= 15 is 0 Å². The van der Waals surface area contributed by atoms with Crippen molar-refractivity contribution in [1.82, 2.24) is 0 Å². The van der Waals surface area contributed by atoms with Gasteiger partial charge < -0.3 is 4.90 Å². The van der Waals surface area contributed by atoms with Gasteiger partial charge in [0.15, 0.2) is 4.71 Å². The number of hydrogen-bond acceptors (Lipinski definition) is 2. The number of terminal acetylenes is 1. The molecule has 0 aromatic carbocycles. The zero-order chi connectivity index (χ0) is 9.97. The van der Waals surface area contributed by atoms with Gasteiger partial charge in [-0.25, -0.2) is 0 Å². The number of quaternary nitrogens is 1. The van der Waals surface area contributed by atoms with Crippen LogP contribution in [0.3, 0.4) is 0 Å². The Bertz CT molecular complexity index is 236. The van der Waals surface area contributed by atoms with Crippen LogP contribution >= 0.6 is 23.5 Å². The largest absolute Gasteiger partial charge is 0.314 e. The van der Waals surface area contributed by atoms with Crippen LogP contribution in [-0.4, -0.2) is 28.8 Å². The lowest BCUT2D eigenvalue weighted by Gasteiger charge is -2.26. The summed E-state index contributed by atoms with van der Waals surface area (Å²) in [5, 5.41) is 0.916. The molecule has 1 nitrogen and oxygen atoms in total. The Morgan fingerprint density at radius 1 is 1.50 bits per heavy atom. The fraction of sp³-hybridized carbons (Fsp3) is 0.818. The highest BCUT2D eigenvalue weighted by atomic mass is 32.2. The predicted molar refractivity (Wildman–Crippen MR) is 65.6 cm³/mol. The quantitative estimate of drug-likeness (QED) is 0.709. The van der Waals surface area contributed by atoms with E-state index in [1.807, 2.05) is 11.8 Å². The van der Waals surface area contributed by atoms with E-state index in [9.17, 15) is 0 Å². The van der Waals surface area contributed by atoms with Crippen molar-refractivity contribution in [1.29, 1.82) is 0 Å². The molecule has 2 aliphatic rings. The van der Waals surface area contributed by atoms with Gasteiger partial charge in [0.25, 0.3) is 0 Å². The normalized spacial score (nSPS) is 41.7. The molecule has 0 aromatic heterocycles. The van der Waals surface area contributed by atoms with Crippen LogP contribution in [0.1, 0.15) is 25.7 Å². The lowest BCUT2D eigenvalue weighted by atomic mass is 9.94. The zero-order valence-electron chi connectivity index (χ0n) is 8.66. The third-order valence-electron chi connectivity index (χ3n) is 3.28. The van der Waals surface area contributed by atoms with Crippen molar-refractivity contribution in [3.63, 3.8) is 0 Å². The molecule has 0 amide bonds. The Balaban J connectivity index is 1.93. The summed E-state index contributed by atoms with van der Waals surface area (Å²) in [5.74, 6) is 3.60. The monoisotopic (exact) mass is 228 g/mol. The summed E-state index contributed by atoms with van der Waals surface area (Å²) >= 11 is 4.12. The molecule has 1 N–H and O–H groups in total. The van der Waals surface area contributed by atoms with Gasteiger partial charge in [-0.3, -0.25) is 0 Å². The lowest BCUT2D eigenvalue weighted by molar-refractivity contribution is -0.897. The van der Waals surface area contributed by atoms with Crippen molar-refractivity contribution >= 4 is 23.5 Å². The van der Waals surface area contributed by atoms with Crippen LogP contribution in [0.15, 0.2) is 0 Å². The molecule has 0 radical (unpaired) electrons. The summed E-state index contributed by atoms with van der Waals surface area (Å²) < 4.78 is 0.694. The first-order chi connectivity index (χ1) is 6.83. The Labute approximate surface area is 95.4 Å². The van der Waals surface area contributed by atoms with Gasteiger partial charge in [0, 0.05) is 6.42 Å². The van der Waals surface area contributed by atoms with Crippen LogP contribution in [0.25, 0.3) is 0 Å². The van der Waals surface area contributed by atoms with Gasteiger partial charge in [-0.2, -0.15) is 0 Å². The Kier molecular flexibility index (Phi) is 3.70. The molecule has 1 aliphatic carbocycles. The van der Waals surface area contributed by atoms with Crippen LogP contribution in [-0.2, 0) is 0 Å². The van der Waals surface area contributed by atoms with E-state index in [0.29, 0.717) is 4.71 Å². The molecule has 14 heavy (non-hydrogen) atoms. The smallest absolute Gasteiger partial charge is 0.183 e. The summed E-state index contributed by atoms with van der Waals surface area (Å²) in [6.07, 6.45) is 11.0. The molecule has 0 bridgehead atoms. The summed E-state index contributed by atoms with van der Waals surface area (Å²) in [4.78, 5) is 1.71. The Hall–Kier alpha value is 0.220. The number of rotatable bonds is 2. The average molecular weight is 228 g/mol. The summed E-state index contributed by atoms with van der Waals surface area (Å²) in [5.41, 5.74) is 0. The van der Waals surface area contributed by atoms with Crippen molar-refractivity contribution in [3.8, 4) is 12.3 Å². The van der Waals surface area contributed by atoms with Gasteiger partial charge in [0.1, 0.15) is 6.04 Å². The molecule has 3 heteroatoms. The third kappa shape index (κ3) is 2.08. The molecule has 2 rings (SSSR count). The summed E-state index contributed by atoms with van der Waals surface area (Å²) in [7, 11) is 2.34. The number of fused-ring (bicyclic) bond motifs is 1. The minimum absolute atomic E-state index is 0.694. The first kappa shape index (κ1) is 10.7. The maximum Gasteiger partial charge on any atom is 0.183 e. The molecule has 4 unspecified atom stereocenters. The van der Waals surface area contributed by atoms with E-state index in [-0.39, 0.29) is 0 Å². The maximum atomic E-state index is 5.31. The molecule has 1 saturated carbocycles. The SMILES string of the molecule is C#CCSC1SC2CCCCC2[NH+]1C. The van der Waals surface area contributed by atoms with Gasteiger partial charge in [0.05, 0.1) is 18.1 Å². The second kappa shape index (κ2) is 4.83.